The summed E-state index contributed by atoms with van der Waals surface area (Å²) in [7, 11) is -6.58. The van der Waals surface area contributed by atoms with Crippen LogP contribution in [0.15, 0.2) is 0 Å². The summed E-state index contributed by atoms with van der Waals surface area (Å²) in [5.41, 5.74) is -2.61. The van der Waals surface area contributed by atoms with E-state index < -0.39 is 61.0 Å². The zero-order valence-corrected chi connectivity index (χ0v) is 24.4. The van der Waals surface area contributed by atoms with Gasteiger partial charge in [-0.3, -0.25) is 13.7 Å². The van der Waals surface area contributed by atoms with Crippen LogP contribution in [0, 0.1) is 0 Å². The van der Waals surface area contributed by atoms with Gasteiger partial charge in [0.25, 0.3) is 0 Å². The quantitative estimate of drug-likeness (QED) is 0.209. The maximum atomic E-state index is 14.4. The molecular weight excluding hydrogens is 481 g/mol. The molecule has 0 bridgehead atoms. The van der Waals surface area contributed by atoms with Gasteiger partial charge in [-0.1, -0.05) is 34.6 Å². The van der Waals surface area contributed by atoms with Crippen LogP contribution in [0.2, 0.25) is 0 Å². The number of ether oxygens (including phenoxy) is 1. The summed E-state index contributed by atoms with van der Waals surface area (Å²) in [5.74, 6) is 0. The highest BCUT2D eigenvalue weighted by Crippen LogP contribution is 2.70. The lowest BCUT2D eigenvalue weighted by Gasteiger charge is -2.51. The average molecular weight is 528 g/mol. The minimum Gasteiger partial charge on any atom is -0.388 e. The molecule has 202 valence electrons. The average Bonchev–Trinajstić information content (AvgIpc) is 3.04. The minimum atomic E-state index is -4.56. The summed E-state index contributed by atoms with van der Waals surface area (Å²) in [6.07, 6.45) is -2.35. The van der Waals surface area contributed by atoms with E-state index in [2.05, 4.69) is 0 Å². The molecule has 1 heterocycles. The summed E-state index contributed by atoms with van der Waals surface area (Å²) >= 11 is 0. The van der Waals surface area contributed by atoms with E-state index in [0.29, 0.717) is 6.42 Å². The van der Waals surface area contributed by atoms with Crippen molar-refractivity contribution < 1.29 is 43.1 Å². The molecule has 0 saturated carbocycles. The van der Waals surface area contributed by atoms with Crippen LogP contribution in [0.1, 0.15) is 87.5 Å². The van der Waals surface area contributed by atoms with Crippen molar-refractivity contribution in [1.82, 2.24) is 0 Å². The van der Waals surface area contributed by atoms with E-state index >= 15 is 0 Å². The van der Waals surface area contributed by atoms with Crippen LogP contribution in [-0.4, -0.2) is 80.7 Å². The topological polar surface area (TPSA) is 143 Å². The molecule has 1 fully saturated rings. The number of aliphatic hydroxyl groups excluding tert-OH is 2. The van der Waals surface area contributed by atoms with Gasteiger partial charge < -0.3 is 29.5 Å². The third-order valence-electron chi connectivity index (χ3n) is 8.57. The van der Waals surface area contributed by atoms with E-state index in [-0.39, 0.29) is 25.7 Å². The normalized spacial score (nSPS) is 32.7. The Morgan fingerprint density at radius 1 is 0.882 bits per heavy atom. The van der Waals surface area contributed by atoms with Crippen LogP contribution < -0.4 is 0 Å². The highest BCUT2D eigenvalue weighted by molar-refractivity contribution is 7.60. The molecule has 4 N–H and O–H groups in total. The zero-order valence-electron chi connectivity index (χ0n) is 22.6. The van der Waals surface area contributed by atoms with E-state index in [1.54, 1.807) is 56.3 Å². The number of hydrogen-bond acceptors (Lipinski definition) is 8. The Labute approximate surface area is 206 Å². The maximum absolute atomic E-state index is 14.4. The predicted octanol–water partition coefficient (Wildman–Crippen LogP) is 3.21. The first-order valence-corrected chi connectivity index (χ1v) is 16.0. The molecule has 1 aliphatic heterocycles. The molecule has 34 heavy (non-hydrogen) atoms. The van der Waals surface area contributed by atoms with Gasteiger partial charge in [-0.25, -0.2) is 0 Å². The first-order valence-electron chi connectivity index (χ1n) is 12.4. The first kappa shape index (κ1) is 32.3. The van der Waals surface area contributed by atoms with Crippen LogP contribution in [0.4, 0.5) is 0 Å². The molecule has 1 aliphatic rings. The third kappa shape index (κ3) is 5.42. The van der Waals surface area contributed by atoms with Gasteiger partial charge in [0.2, 0.25) is 7.37 Å². The molecule has 0 amide bonds. The lowest BCUT2D eigenvalue weighted by atomic mass is 9.85. The lowest BCUT2D eigenvalue weighted by molar-refractivity contribution is -0.101. The Kier molecular flexibility index (Phi) is 10.4. The van der Waals surface area contributed by atoms with Crippen molar-refractivity contribution in [1.29, 1.82) is 0 Å². The van der Waals surface area contributed by atoms with E-state index in [1.807, 2.05) is 6.92 Å². The van der Waals surface area contributed by atoms with Gasteiger partial charge in [0.05, 0.1) is 16.8 Å². The van der Waals surface area contributed by atoms with Gasteiger partial charge in [0.15, 0.2) is 5.34 Å². The smallest absolute Gasteiger partial charge is 0.359 e. The molecule has 1 rings (SSSR count). The third-order valence-corrected chi connectivity index (χ3v) is 14.3. The molecule has 9 atom stereocenters. The highest BCUT2D eigenvalue weighted by Gasteiger charge is 2.61. The van der Waals surface area contributed by atoms with Crippen LogP contribution in [0.25, 0.3) is 0 Å². The van der Waals surface area contributed by atoms with Crippen molar-refractivity contribution >= 4 is 22.8 Å². The number of hydrogen-bond donors (Lipinski definition) is 4. The van der Waals surface area contributed by atoms with Crippen LogP contribution in [0.3, 0.4) is 0 Å². The van der Waals surface area contributed by atoms with Crippen molar-refractivity contribution in [3.05, 3.63) is 0 Å². The Hall–Kier alpha value is 0.245. The second kappa shape index (κ2) is 10.9. The monoisotopic (exact) mass is 528 g/mol. The number of aliphatic hydroxyl groups is 3. The number of rotatable bonds is 13. The fourth-order valence-electron chi connectivity index (χ4n) is 4.81. The van der Waals surface area contributed by atoms with Gasteiger partial charge in [0.1, 0.15) is 31.8 Å². The molecule has 0 aromatic heterocycles. The van der Waals surface area contributed by atoms with Crippen molar-refractivity contribution in [2.75, 3.05) is 6.66 Å². The molecule has 0 aliphatic carbocycles. The molecule has 0 spiro atoms. The van der Waals surface area contributed by atoms with Crippen LogP contribution in [0.5, 0.6) is 0 Å². The Bertz CT molecular complexity index is 794. The van der Waals surface area contributed by atoms with Gasteiger partial charge in [-0.2, -0.15) is 0 Å². The summed E-state index contributed by atoms with van der Waals surface area (Å²) < 4.78 is 45.7. The fourth-order valence-corrected chi connectivity index (χ4v) is 9.60. The van der Waals surface area contributed by atoms with Crippen molar-refractivity contribution in [2.24, 2.45) is 0 Å². The summed E-state index contributed by atoms with van der Waals surface area (Å²) in [4.78, 5) is 10.8. The highest BCUT2D eigenvalue weighted by atomic mass is 31.2. The van der Waals surface area contributed by atoms with Gasteiger partial charge in [0, 0.05) is 6.66 Å². The Morgan fingerprint density at radius 2 is 1.38 bits per heavy atom. The summed E-state index contributed by atoms with van der Waals surface area (Å²) in [6.45, 7) is 15.1. The van der Waals surface area contributed by atoms with E-state index in [0.717, 1.165) is 0 Å². The van der Waals surface area contributed by atoms with Gasteiger partial charge in [-0.05, 0) is 52.9 Å². The second-order valence-corrected chi connectivity index (χ2v) is 15.3. The van der Waals surface area contributed by atoms with Crippen LogP contribution in [-0.2, 0) is 22.9 Å². The zero-order chi connectivity index (χ0) is 27.0. The molecule has 0 radical (unpaired) electrons. The Balaban J connectivity index is 3.49. The van der Waals surface area contributed by atoms with Crippen molar-refractivity contribution in [2.45, 2.75) is 134 Å². The minimum absolute atomic E-state index is 0.0194. The predicted molar refractivity (Wildman–Crippen MR) is 136 cm³/mol. The molecular formula is C22H47BO9P2. The first-order chi connectivity index (χ1) is 15.3. The largest absolute Gasteiger partial charge is 0.388 e. The standard InChI is InChI=1S/C22H47BO9P2/c1-10-19(6,17-15(24)16(25)18(23)30-17)31-33(9,27)21(8,12-3)20(7,11-2)32-34(28,29)22(26,13-4)14-5/h15-18,24-26H,10-14,23H2,1-9H3,(H,28,29)/t15-,16+,17-,18+,19?,20?,21?,33?/m0/s1. The molecule has 1 saturated heterocycles. The Morgan fingerprint density at radius 3 is 1.71 bits per heavy atom. The van der Waals surface area contributed by atoms with E-state index in [9.17, 15) is 29.3 Å². The maximum Gasteiger partial charge on any atom is 0.359 e. The fraction of sp³-hybridized carbons (Fsp3) is 1.00. The van der Waals surface area contributed by atoms with Crippen molar-refractivity contribution in [3.8, 4) is 0 Å². The SMILES string of the molecule is B[C@@H]1O[C@H](C(C)(CC)OP(C)(=O)C(C)(CC)C(C)(CC)OP(=O)(O)C(O)(CC)CC)[C@@H](O)[C@H]1O. The summed E-state index contributed by atoms with van der Waals surface area (Å²) in [5, 5.41) is 28.4. The molecule has 5 unspecified atom stereocenters. The summed E-state index contributed by atoms with van der Waals surface area (Å²) in [6, 6.07) is -0.617. The molecule has 9 nitrogen and oxygen atoms in total. The van der Waals surface area contributed by atoms with Crippen LogP contribution >= 0.6 is 15.0 Å². The van der Waals surface area contributed by atoms with Gasteiger partial charge >= 0.3 is 7.60 Å². The molecule has 12 heteroatoms. The molecule has 0 aromatic carbocycles. The lowest BCUT2D eigenvalue weighted by Crippen LogP contribution is -2.54. The van der Waals surface area contributed by atoms with E-state index in [4.69, 9.17) is 13.8 Å². The molecule has 0 aromatic rings. The van der Waals surface area contributed by atoms with Gasteiger partial charge in [-0.15, -0.1) is 0 Å². The van der Waals surface area contributed by atoms with Crippen molar-refractivity contribution in [3.63, 3.8) is 0 Å². The van der Waals surface area contributed by atoms with E-state index in [1.165, 1.54) is 6.66 Å². The second-order valence-electron chi connectivity index (χ2n) is 10.4.